The molecular weight excluding hydrogens is 269 g/mol. The zero-order valence-corrected chi connectivity index (χ0v) is 13.7. The van der Waals surface area contributed by atoms with E-state index in [2.05, 4.69) is 33.0 Å². The Balaban J connectivity index is -0.0000000500. The third-order valence-electron chi connectivity index (χ3n) is 0.988. The zero-order valence-electron chi connectivity index (χ0n) is 10.5. The van der Waals surface area contributed by atoms with Crippen molar-refractivity contribution in [2.75, 3.05) is 19.7 Å². The van der Waals surface area contributed by atoms with E-state index in [1.165, 1.54) is 0 Å². The first kappa shape index (κ1) is 29.8. The molecule has 2 nitrogen and oxygen atoms in total. The van der Waals surface area contributed by atoms with Crippen LogP contribution < -0.4 is 0 Å². The molecule has 0 aromatic rings. The summed E-state index contributed by atoms with van der Waals surface area (Å²) in [6.45, 7) is 12.8. The van der Waals surface area contributed by atoms with E-state index in [4.69, 9.17) is 5.11 Å². The SMILES string of the molecule is CC(C)C[N-]CC(C)C.CCO.Cl.Cl.[Ti]. The van der Waals surface area contributed by atoms with E-state index in [0.29, 0.717) is 0 Å². The predicted molar refractivity (Wildman–Crippen MR) is 70.0 cm³/mol. The van der Waals surface area contributed by atoms with E-state index in [9.17, 15) is 0 Å². The second-order valence-electron chi connectivity index (χ2n) is 3.69. The molecule has 0 aliphatic carbocycles. The van der Waals surface area contributed by atoms with Crippen molar-refractivity contribution < 1.29 is 26.8 Å². The fraction of sp³-hybridized carbons (Fsp3) is 1.00. The second kappa shape index (κ2) is 24.4. The molecule has 0 bridgehead atoms. The molecule has 96 valence electrons. The largest absolute Gasteiger partial charge is 0.662 e. The summed E-state index contributed by atoms with van der Waals surface area (Å²) in [4.78, 5) is 0. The van der Waals surface area contributed by atoms with Gasteiger partial charge in [-0.15, -0.1) is 37.9 Å². The van der Waals surface area contributed by atoms with Crippen molar-refractivity contribution in [2.45, 2.75) is 34.6 Å². The van der Waals surface area contributed by atoms with E-state index in [1.807, 2.05) is 0 Å². The van der Waals surface area contributed by atoms with Gasteiger partial charge in [0.1, 0.15) is 0 Å². The van der Waals surface area contributed by atoms with Gasteiger partial charge in [0.05, 0.1) is 0 Å². The molecule has 0 aromatic heterocycles. The topological polar surface area (TPSA) is 34.3 Å². The third-order valence-corrected chi connectivity index (χ3v) is 0.988. The van der Waals surface area contributed by atoms with Gasteiger partial charge >= 0.3 is 0 Å². The Labute approximate surface area is 123 Å². The van der Waals surface area contributed by atoms with E-state index < -0.39 is 0 Å². The third kappa shape index (κ3) is 51.0. The molecule has 0 atom stereocenters. The Hall–Kier alpha value is 1.21. The summed E-state index contributed by atoms with van der Waals surface area (Å²) in [5, 5.41) is 11.9. The molecule has 0 aromatic carbocycles. The molecule has 0 radical (unpaired) electrons. The van der Waals surface area contributed by atoms with Gasteiger partial charge in [-0.25, -0.2) is 0 Å². The van der Waals surface area contributed by atoms with Gasteiger partial charge in [-0.3, -0.25) is 0 Å². The van der Waals surface area contributed by atoms with Crippen molar-refractivity contribution in [1.29, 1.82) is 0 Å². The number of rotatable bonds is 4. The van der Waals surface area contributed by atoms with E-state index >= 15 is 0 Å². The van der Waals surface area contributed by atoms with Gasteiger partial charge in [0.2, 0.25) is 0 Å². The predicted octanol–water partition coefficient (Wildman–Crippen LogP) is 3.51. The number of hydrogen-bond acceptors (Lipinski definition) is 1. The molecule has 0 unspecified atom stereocenters. The van der Waals surface area contributed by atoms with Crippen molar-refractivity contribution in [3.63, 3.8) is 0 Å². The van der Waals surface area contributed by atoms with Gasteiger partial charge in [-0.1, -0.05) is 39.5 Å². The number of nitrogens with zero attached hydrogens (tertiary/aromatic N) is 1. The van der Waals surface area contributed by atoms with Crippen LogP contribution in [0, 0.1) is 11.8 Å². The molecule has 0 spiro atoms. The van der Waals surface area contributed by atoms with E-state index in [0.717, 1.165) is 24.9 Å². The van der Waals surface area contributed by atoms with Crippen molar-refractivity contribution in [2.24, 2.45) is 11.8 Å². The number of aliphatic hydroxyl groups is 1. The summed E-state index contributed by atoms with van der Waals surface area (Å²) in [7, 11) is 0. The molecule has 15 heavy (non-hydrogen) atoms. The fourth-order valence-corrected chi connectivity index (χ4v) is 0.591. The Bertz CT molecular complexity index is 77.8. The number of hydrogen-bond donors (Lipinski definition) is 1. The van der Waals surface area contributed by atoms with Crippen LogP contribution in [0.15, 0.2) is 0 Å². The summed E-state index contributed by atoms with van der Waals surface area (Å²) < 4.78 is 0. The van der Waals surface area contributed by atoms with Gasteiger partial charge in [-0.2, -0.15) is 0 Å². The van der Waals surface area contributed by atoms with Crippen molar-refractivity contribution in [3.05, 3.63) is 5.32 Å². The quantitative estimate of drug-likeness (QED) is 0.791. The summed E-state index contributed by atoms with van der Waals surface area (Å²) in [6.07, 6.45) is 0. The van der Waals surface area contributed by atoms with Crippen molar-refractivity contribution >= 4 is 24.8 Å². The normalized spacial score (nSPS) is 8.00. The molecule has 0 saturated heterocycles. The minimum Gasteiger partial charge on any atom is -0.662 e. The van der Waals surface area contributed by atoms with Crippen LogP contribution in [0.2, 0.25) is 0 Å². The Morgan fingerprint density at radius 1 is 0.933 bits per heavy atom. The first-order chi connectivity index (χ1) is 5.54. The molecule has 0 heterocycles. The van der Waals surface area contributed by atoms with Crippen LogP contribution in [0.4, 0.5) is 0 Å². The summed E-state index contributed by atoms with van der Waals surface area (Å²) in [5.41, 5.74) is 0. The van der Waals surface area contributed by atoms with Crippen LogP contribution in [-0.4, -0.2) is 24.8 Å². The van der Waals surface area contributed by atoms with Crippen LogP contribution in [0.5, 0.6) is 0 Å². The fourth-order valence-electron chi connectivity index (χ4n) is 0.591. The summed E-state index contributed by atoms with van der Waals surface area (Å²) in [6, 6.07) is 0. The van der Waals surface area contributed by atoms with Crippen LogP contribution in [0.1, 0.15) is 34.6 Å². The zero-order chi connectivity index (χ0) is 9.98. The van der Waals surface area contributed by atoms with E-state index in [-0.39, 0.29) is 53.1 Å². The first-order valence-corrected chi connectivity index (χ1v) is 4.78. The molecule has 5 heteroatoms. The molecule has 0 aliphatic rings. The summed E-state index contributed by atoms with van der Waals surface area (Å²) in [5.74, 6) is 1.45. The van der Waals surface area contributed by atoms with Crippen LogP contribution in [0.25, 0.3) is 5.32 Å². The maximum absolute atomic E-state index is 7.57. The van der Waals surface area contributed by atoms with Crippen molar-refractivity contribution in [3.8, 4) is 0 Å². The standard InChI is InChI=1S/C8H18N.C2H6O.2ClH.Ti/c1-7(2)5-9-6-8(3)4;1-2-3;;;/h7-8H,5-6H2,1-4H3;3H,2H2,1H3;2*1H;/q-1;;;;. The molecule has 0 amide bonds. The average Bonchev–Trinajstić information content (AvgIpc) is 1.87. The van der Waals surface area contributed by atoms with Gasteiger partial charge in [0.25, 0.3) is 0 Å². The van der Waals surface area contributed by atoms with Crippen LogP contribution in [-0.2, 0) is 21.7 Å². The van der Waals surface area contributed by atoms with Crippen molar-refractivity contribution in [1.82, 2.24) is 0 Å². The number of halogens is 2. The molecule has 0 fully saturated rings. The van der Waals surface area contributed by atoms with Crippen LogP contribution >= 0.6 is 24.8 Å². The molecule has 0 saturated carbocycles. The summed E-state index contributed by atoms with van der Waals surface area (Å²) >= 11 is 0. The maximum atomic E-state index is 7.57. The smallest absolute Gasteiger partial charge is 0.0402 e. The number of aliphatic hydroxyl groups excluding tert-OH is 1. The molecule has 0 rings (SSSR count). The minimum atomic E-state index is 0. The van der Waals surface area contributed by atoms with Gasteiger partial charge in [-0.05, 0) is 6.92 Å². The Morgan fingerprint density at radius 2 is 1.13 bits per heavy atom. The van der Waals surface area contributed by atoms with Gasteiger partial charge in [0, 0.05) is 28.3 Å². The monoisotopic (exact) mass is 294 g/mol. The molecule has 0 aliphatic heterocycles. The van der Waals surface area contributed by atoms with Crippen LogP contribution in [0.3, 0.4) is 0 Å². The van der Waals surface area contributed by atoms with Gasteiger partial charge in [0.15, 0.2) is 0 Å². The Kier molecular flexibility index (Phi) is 48.6. The second-order valence-corrected chi connectivity index (χ2v) is 3.69. The Morgan fingerprint density at radius 3 is 1.27 bits per heavy atom. The maximum Gasteiger partial charge on any atom is 0.0402 e. The average molecular weight is 295 g/mol. The molecular formula is C10H26Cl2NOTi-. The molecule has 1 N–H and O–H groups in total. The van der Waals surface area contributed by atoms with E-state index in [1.54, 1.807) is 6.92 Å². The van der Waals surface area contributed by atoms with Gasteiger partial charge < -0.3 is 10.4 Å². The first-order valence-electron chi connectivity index (χ1n) is 4.78. The minimum absolute atomic E-state index is 0.